The third kappa shape index (κ3) is 3.28. The summed E-state index contributed by atoms with van der Waals surface area (Å²) in [5, 5.41) is 8.75. The molecule has 1 aromatic rings. The molecule has 1 atom stereocenters. The van der Waals surface area contributed by atoms with Crippen molar-refractivity contribution < 1.29 is 13.6 Å². The van der Waals surface area contributed by atoms with Gasteiger partial charge in [-0.15, -0.1) is 0 Å². The van der Waals surface area contributed by atoms with Crippen molar-refractivity contribution in [3.8, 4) is 6.07 Å². The van der Waals surface area contributed by atoms with Gasteiger partial charge in [0.15, 0.2) is 0 Å². The zero-order chi connectivity index (χ0) is 14.6. The van der Waals surface area contributed by atoms with E-state index in [-0.39, 0.29) is 24.6 Å². The molecule has 1 amide bonds. The van der Waals surface area contributed by atoms with Gasteiger partial charge >= 0.3 is 0 Å². The van der Waals surface area contributed by atoms with Crippen molar-refractivity contribution in [2.24, 2.45) is 5.92 Å². The summed E-state index contributed by atoms with van der Waals surface area (Å²) in [4.78, 5) is 13.4. The maximum absolute atomic E-state index is 13.9. The van der Waals surface area contributed by atoms with Crippen LogP contribution in [0.4, 0.5) is 8.78 Å². The number of nitriles is 1. The fourth-order valence-corrected chi connectivity index (χ4v) is 1.74. The quantitative estimate of drug-likeness (QED) is 0.841. The molecule has 0 heterocycles. The highest BCUT2D eigenvalue weighted by Gasteiger charge is 2.24. The number of hydrogen-bond donors (Lipinski definition) is 0. The van der Waals surface area contributed by atoms with Crippen LogP contribution in [0.15, 0.2) is 12.1 Å². The molecule has 3 nitrogen and oxygen atoms in total. The van der Waals surface area contributed by atoms with E-state index in [1.165, 1.54) is 17.9 Å². The number of amides is 1. The number of benzene rings is 1. The predicted molar refractivity (Wildman–Crippen MR) is 67.4 cm³/mol. The highest BCUT2D eigenvalue weighted by atomic mass is 19.1. The Bertz CT molecular complexity index is 523. The Balaban J connectivity index is 3.12. The zero-order valence-corrected chi connectivity index (χ0v) is 11.2. The van der Waals surface area contributed by atoms with Crippen LogP contribution in [-0.2, 0) is 0 Å². The maximum atomic E-state index is 13.9. The second-order valence-corrected chi connectivity index (χ2v) is 4.43. The van der Waals surface area contributed by atoms with Crippen LogP contribution in [0.1, 0.15) is 29.8 Å². The first-order valence-corrected chi connectivity index (χ1v) is 6.05. The highest BCUT2D eigenvalue weighted by molar-refractivity contribution is 5.95. The van der Waals surface area contributed by atoms with Gasteiger partial charge in [-0.1, -0.05) is 6.07 Å². The van der Waals surface area contributed by atoms with Gasteiger partial charge in [0.1, 0.15) is 17.2 Å². The minimum absolute atomic E-state index is 0.151. The summed E-state index contributed by atoms with van der Waals surface area (Å²) in [6.07, 6.45) is 0. The molecule has 0 fully saturated rings. The van der Waals surface area contributed by atoms with Gasteiger partial charge in [0.05, 0.1) is 12.0 Å². The van der Waals surface area contributed by atoms with Crippen molar-refractivity contribution in [2.75, 3.05) is 13.1 Å². The number of carbonyl (C=O) groups excluding carboxylic acids is 1. The van der Waals surface area contributed by atoms with Gasteiger partial charge in [-0.05, 0) is 32.4 Å². The van der Waals surface area contributed by atoms with Crippen molar-refractivity contribution in [1.29, 1.82) is 5.26 Å². The minimum atomic E-state index is -0.879. The number of carbonyl (C=O) groups is 1. The third-order valence-corrected chi connectivity index (χ3v) is 2.88. The lowest BCUT2D eigenvalue weighted by Gasteiger charge is -2.22. The van der Waals surface area contributed by atoms with Crippen LogP contribution in [0, 0.1) is 35.8 Å². The molecule has 0 aliphatic carbocycles. The topological polar surface area (TPSA) is 44.1 Å². The monoisotopic (exact) mass is 266 g/mol. The van der Waals surface area contributed by atoms with Crippen LogP contribution in [0.5, 0.6) is 0 Å². The summed E-state index contributed by atoms with van der Waals surface area (Å²) in [5.41, 5.74) is -0.332. The average Bonchev–Trinajstić information content (AvgIpc) is 2.40. The van der Waals surface area contributed by atoms with Crippen molar-refractivity contribution in [3.05, 3.63) is 34.9 Å². The van der Waals surface area contributed by atoms with Crippen LogP contribution >= 0.6 is 0 Å². The number of nitrogens with zero attached hydrogens (tertiary/aromatic N) is 2. The molecule has 0 aromatic heterocycles. The first-order chi connectivity index (χ1) is 8.92. The SMILES string of the molecule is CCN(CC(C)C#N)C(=O)c1c(F)ccc(C)c1F. The Kier molecular flexibility index (Phi) is 4.99. The molecule has 1 aromatic carbocycles. The van der Waals surface area contributed by atoms with Gasteiger partial charge < -0.3 is 4.90 Å². The normalized spacial score (nSPS) is 11.8. The van der Waals surface area contributed by atoms with Gasteiger partial charge in [0.2, 0.25) is 0 Å². The predicted octanol–water partition coefficient (Wildman–Crippen LogP) is 2.90. The van der Waals surface area contributed by atoms with Crippen LogP contribution in [0.2, 0.25) is 0 Å². The molecule has 0 saturated heterocycles. The smallest absolute Gasteiger partial charge is 0.259 e. The summed E-state index contributed by atoms with van der Waals surface area (Å²) in [6, 6.07) is 4.36. The third-order valence-electron chi connectivity index (χ3n) is 2.88. The molecule has 102 valence electrons. The number of hydrogen-bond acceptors (Lipinski definition) is 2. The lowest BCUT2D eigenvalue weighted by Crippen LogP contribution is -2.35. The zero-order valence-electron chi connectivity index (χ0n) is 11.2. The molecule has 1 unspecified atom stereocenters. The lowest BCUT2D eigenvalue weighted by atomic mass is 10.1. The summed E-state index contributed by atoms with van der Waals surface area (Å²) in [7, 11) is 0. The van der Waals surface area contributed by atoms with Gasteiger partial charge in [0, 0.05) is 13.1 Å². The second-order valence-electron chi connectivity index (χ2n) is 4.43. The molecule has 5 heteroatoms. The molecule has 1 rings (SSSR count). The fourth-order valence-electron chi connectivity index (χ4n) is 1.74. The van der Waals surface area contributed by atoms with Crippen LogP contribution in [-0.4, -0.2) is 23.9 Å². The van der Waals surface area contributed by atoms with Crippen LogP contribution in [0.3, 0.4) is 0 Å². The Morgan fingerprint density at radius 1 is 1.47 bits per heavy atom. The lowest BCUT2D eigenvalue weighted by molar-refractivity contribution is 0.0742. The molecular weight excluding hydrogens is 250 g/mol. The van der Waals surface area contributed by atoms with Gasteiger partial charge in [0.25, 0.3) is 5.91 Å². The van der Waals surface area contributed by atoms with E-state index in [9.17, 15) is 13.6 Å². The molecule has 19 heavy (non-hydrogen) atoms. The van der Waals surface area contributed by atoms with Gasteiger partial charge in [-0.2, -0.15) is 5.26 Å². The van der Waals surface area contributed by atoms with Crippen molar-refractivity contribution >= 4 is 5.91 Å². The van der Waals surface area contributed by atoms with E-state index in [1.807, 2.05) is 6.07 Å². The van der Waals surface area contributed by atoms with E-state index in [0.29, 0.717) is 0 Å². The number of halogens is 2. The molecule has 0 radical (unpaired) electrons. The summed E-state index contributed by atoms with van der Waals surface area (Å²) >= 11 is 0. The molecule has 0 N–H and O–H groups in total. The Labute approximate surface area is 111 Å². The van der Waals surface area contributed by atoms with E-state index < -0.39 is 23.1 Å². The molecule has 0 saturated carbocycles. The molecule has 0 bridgehead atoms. The van der Waals surface area contributed by atoms with Crippen LogP contribution < -0.4 is 0 Å². The van der Waals surface area contributed by atoms with E-state index in [0.717, 1.165) is 6.07 Å². The Morgan fingerprint density at radius 2 is 2.11 bits per heavy atom. The fraction of sp³-hybridized carbons (Fsp3) is 0.429. The largest absolute Gasteiger partial charge is 0.337 e. The first kappa shape index (κ1) is 15.1. The number of aryl methyl sites for hydroxylation is 1. The van der Waals surface area contributed by atoms with E-state index >= 15 is 0 Å². The summed E-state index contributed by atoms with van der Waals surface area (Å²) in [5.74, 6) is -2.83. The van der Waals surface area contributed by atoms with E-state index in [2.05, 4.69) is 0 Å². The van der Waals surface area contributed by atoms with Crippen molar-refractivity contribution in [1.82, 2.24) is 4.90 Å². The van der Waals surface area contributed by atoms with E-state index in [1.54, 1.807) is 13.8 Å². The standard InChI is InChI=1S/C14H16F2N2O/c1-4-18(8-9(2)7-17)14(19)12-11(15)6-5-10(3)13(12)16/h5-6,9H,4,8H2,1-3H3. The molecule has 0 aliphatic heterocycles. The van der Waals surface area contributed by atoms with Gasteiger partial charge in [-0.3, -0.25) is 4.79 Å². The van der Waals surface area contributed by atoms with Crippen LogP contribution in [0.25, 0.3) is 0 Å². The minimum Gasteiger partial charge on any atom is -0.337 e. The molecule has 0 spiro atoms. The maximum Gasteiger partial charge on any atom is 0.259 e. The summed E-state index contributed by atoms with van der Waals surface area (Å²) in [6.45, 7) is 5.27. The number of rotatable bonds is 4. The first-order valence-electron chi connectivity index (χ1n) is 6.05. The Morgan fingerprint density at radius 3 is 2.63 bits per heavy atom. The average molecular weight is 266 g/mol. The second kappa shape index (κ2) is 6.28. The molecular formula is C14H16F2N2O. The van der Waals surface area contributed by atoms with Crippen molar-refractivity contribution in [3.63, 3.8) is 0 Å². The van der Waals surface area contributed by atoms with Crippen molar-refractivity contribution in [2.45, 2.75) is 20.8 Å². The highest BCUT2D eigenvalue weighted by Crippen LogP contribution is 2.18. The van der Waals surface area contributed by atoms with Gasteiger partial charge in [-0.25, -0.2) is 8.78 Å². The summed E-state index contributed by atoms with van der Waals surface area (Å²) < 4.78 is 27.5. The van der Waals surface area contributed by atoms with E-state index in [4.69, 9.17) is 5.26 Å². The Hall–Kier alpha value is -1.96. The molecule has 0 aliphatic rings.